The van der Waals surface area contributed by atoms with Gasteiger partial charge in [0.25, 0.3) is 5.56 Å². The first-order valence-corrected chi connectivity index (χ1v) is 10.5. The lowest BCUT2D eigenvalue weighted by Gasteiger charge is -2.27. The summed E-state index contributed by atoms with van der Waals surface area (Å²) in [6.45, 7) is 5.60. The van der Waals surface area contributed by atoms with Gasteiger partial charge in [-0.2, -0.15) is 0 Å². The third kappa shape index (κ3) is 3.48. The first-order valence-electron chi connectivity index (χ1n) is 10.5. The molecule has 1 amide bonds. The van der Waals surface area contributed by atoms with Crippen molar-refractivity contribution < 1.29 is 9.18 Å². The molecule has 0 aromatic carbocycles. The van der Waals surface area contributed by atoms with Crippen molar-refractivity contribution in [3.05, 3.63) is 40.7 Å². The van der Waals surface area contributed by atoms with Crippen molar-refractivity contribution in [2.45, 2.75) is 32.7 Å². The van der Waals surface area contributed by atoms with Gasteiger partial charge in [0.2, 0.25) is 11.9 Å². The topological polar surface area (TPSA) is 71.3 Å². The van der Waals surface area contributed by atoms with Gasteiger partial charge in [-0.3, -0.25) is 19.1 Å². The summed E-state index contributed by atoms with van der Waals surface area (Å²) < 4.78 is 15.7. The van der Waals surface area contributed by atoms with Crippen molar-refractivity contribution in [1.82, 2.24) is 19.4 Å². The number of fused-ring (bicyclic) bond motifs is 1. The Morgan fingerprint density at radius 1 is 1.37 bits per heavy atom. The van der Waals surface area contributed by atoms with Gasteiger partial charge in [0.05, 0.1) is 11.9 Å². The SMILES string of the molecule is CCCC(C)C(=O)N1CC2C(C1)C2N(C)c1nc(-c2ccncc2F)cc(=O)n1C. The maximum absolute atomic E-state index is 14.2. The highest BCUT2D eigenvalue weighted by atomic mass is 19.1. The van der Waals surface area contributed by atoms with Crippen LogP contribution in [-0.2, 0) is 11.8 Å². The monoisotopic (exact) mass is 413 g/mol. The normalized spacial score (nSPS) is 23.2. The van der Waals surface area contributed by atoms with Gasteiger partial charge in [-0.15, -0.1) is 0 Å². The van der Waals surface area contributed by atoms with Crippen molar-refractivity contribution in [2.75, 3.05) is 25.0 Å². The quantitative estimate of drug-likeness (QED) is 0.727. The molecule has 0 radical (unpaired) electrons. The summed E-state index contributed by atoms with van der Waals surface area (Å²) in [6.07, 6.45) is 4.52. The number of pyridine rings is 1. The number of anilines is 1. The number of halogens is 1. The van der Waals surface area contributed by atoms with Crippen LogP contribution in [0.15, 0.2) is 29.3 Å². The van der Waals surface area contributed by atoms with E-state index >= 15 is 0 Å². The van der Waals surface area contributed by atoms with Gasteiger partial charge in [0, 0.05) is 68.8 Å². The molecule has 0 bridgehead atoms. The van der Waals surface area contributed by atoms with E-state index in [4.69, 9.17) is 0 Å². The fourth-order valence-corrected chi connectivity index (χ4v) is 4.81. The molecule has 0 spiro atoms. The Morgan fingerprint density at radius 2 is 2.07 bits per heavy atom. The van der Waals surface area contributed by atoms with Crippen LogP contribution in [0, 0.1) is 23.6 Å². The largest absolute Gasteiger partial charge is 0.342 e. The minimum atomic E-state index is -0.509. The average molecular weight is 413 g/mol. The number of hydrogen-bond acceptors (Lipinski definition) is 5. The smallest absolute Gasteiger partial charge is 0.255 e. The van der Waals surface area contributed by atoms with Crippen molar-refractivity contribution >= 4 is 11.9 Å². The summed E-state index contributed by atoms with van der Waals surface area (Å²) >= 11 is 0. The Balaban J connectivity index is 1.52. The standard InChI is InChI=1S/C22H28FN5O2/c1-5-6-13(2)21(30)28-11-15-16(12-28)20(15)27(4)22-25-18(9-19(29)26(22)3)14-7-8-24-10-17(14)23/h7-10,13,15-16,20H,5-6,11-12H2,1-4H3. The van der Waals surface area contributed by atoms with Crippen LogP contribution in [0.3, 0.4) is 0 Å². The molecule has 1 aliphatic carbocycles. The van der Waals surface area contributed by atoms with Crippen LogP contribution >= 0.6 is 0 Å². The number of hydrogen-bond donors (Lipinski definition) is 0. The van der Waals surface area contributed by atoms with E-state index in [2.05, 4.69) is 16.9 Å². The highest BCUT2D eigenvalue weighted by molar-refractivity contribution is 5.79. The molecule has 8 heteroatoms. The maximum Gasteiger partial charge on any atom is 0.255 e. The summed E-state index contributed by atoms with van der Waals surface area (Å²) in [5, 5.41) is 0. The summed E-state index contributed by atoms with van der Waals surface area (Å²) in [7, 11) is 3.59. The molecule has 3 heterocycles. The van der Waals surface area contributed by atoms with Crippen LogP contribution in [0.25, 0.3) is 11.3 Å². The fraction of sp³-hybridized carbons (Fsp3) is 0.545. The van der Waals surface area contributed by atoms with Crippen molar-refractivity contribution in [3.63, 3.8) is 0 Å². The van der Waals surface area contributed by atoms with Gasteiger partial charge in [-0.05, 0) is 12.5 Å². The van der Waals surface area contributed by atoms with E-state index in [1.54, 1.807) is 7.05 Å². The van der Waals surface area contributed by atoms with Crippen molar-refractivity contribution in [3.8, 4) is 11.3 Å². The summed E-state index contributed by atoms with van der Waals surface area (Å²) in [6, 6.07) is 3.10. The van der Waals surface area contributed by atoms with Crippen molar-refractivity contribution in [2.24, 2.45) is 24.8 Å². The molecule has 1 aliphatic heterocycles. The van der Waals surface area contributed by atoms with Crippen LogP contribution in [-0.4, -0.2) is 51.5 Å². The van der Waals surface area contributed by atoms with Crippen LogP contribution in [0.5, 0.6) is 0 Å². The zero-order valence-electron chi connectivity index (χ0n) is 17.9. The molecule has 2 aromatic heterocycles. The first kappa shape index (κ1) is 20.5. The Kier molecular flexibility index (Phi) is 5.34. The molecular formula is C22H28FN5O2. The molecule has 3 atom stereocenters. The second-order valence-electron chi connectivity index (χ2n) is 8.56. The predicted molar refractivity (Wildman–Crippen MR) is 112 cm³/mol. The van der Waals surface area contributed by atoms with Gasteiger partial charge in [-0.1, -0.05) is 20.3 Å². The highest BCUT2D eigenvalue weighted by Gasteiger charge is 2.59. The number of amides is 1. The fourth-order valence-electron chi connectivity index (χ4n) is 4.81. The van der Waals surface area contributed by atoms with E-state index in [-0.39, 0.29) is 29.0 Å². The molecule has 2 aliphatic rings. The van der Waals surface area contributed by atoms with Crippen LogP contribution < -0.4 is 10.5 Å². The van der Waals surface area contributed by atoms with Gasteiger partial charge in [0.1, 0.15) is 0 Å². The molecule has 2 fully saturated rings. The zero-order chi connectivity index (χ0) is 21.6. The highest BCUT2D eigenvalue weighted by Crippen LogP contribution is 2.49. The van der Waals surface area contributed by atoms with E-state index < -0.39 is 5.82 Å². The Bertz CT molecular complexity index is 1010. The van der Waals surface area contributed by atoms with Crippen LogP contribution in [0.2, 0.25) is 0 Å². The van der Waals surface area contributed by atoms with Crippen molar-refractivity contribution in [1.29, 1.82) is 0 Å². The third-order valence-corrected chi connectivity index (χ3v) is 6.53. The molecule has 7 nitrogen and oxygen atoms in total. The number of carbonyl (C=O) groups is 1. The Labute approximate surface area is 175 Å². The molecule has 160 valence electrons. The van der Waals surface area contributed by atoms with Gasteiger partial charge in [0.15, 0.2) is 5.82 Å². The minimum absolute atomic E-state index is 0.0677. The van der Waals surface area contributed by atoms with Gasteiger partial charge in [-0.25, -0.2) is 9.37 Å². The van der Waals surface area contributed by atoms with Gasteiger partial charge < -0.3 is 9.80 Å². The number of likely N-dealkylation sites (tertiary alicyclic amines) is 1. The maximum atomic E-state index is 14.2. The van der Waals surface area contributed by atoms with E-state index in [9.17, 15) is 14.0 Å². The Hall–Kier alpha value is -2.77. The number of piperidine rings is 1. The van der Waals surface area contributed by atoms with Crippen LogP contribution in [0.4, 0.5) is 10.3 Å². The lowest BCUT2D eigenvalue weighted by atomic mass is 10.0. The van der Waals surface area contributed by atoms with E-state index in [0.29, 0.717) is 23.5 Å². The van der Waals surface area contributed by atoms with E-state index in [1.807, 2.05) is 23.8 Å². The van der Waals surface area contributed by atoms with E-state index in [1.165, 1.54) is 22.9 Å². The second-order valence-corrected chi connectivity index (χ2v) is 8.56. The summed E-state index contributed by atoms with van der Waals surface area (Å²) in [4.78, 5) is 37.5. The summed E-state index contributed by atoms with van der Waals surface area (Å²) in [5.41, 5.74) is 0.319. The number of nitrogens with zero attached hydrogens (tertiary/aromatic N) is 5. The predicted octanol–water partition coefficient (Wildman–Crippen LogP) is 2.31. The first-order chi connectivity index (χ1) is 14.3. The molecule has 2 aromatic rings. The molecule has 1 saturated heterocycles. The third-order valence-electron chi connectivity index (χ3n) is 6.53. The number of aromatic nitrogens is 3. The average Bonchev–Trinajstić information content (AvgIpc) is 3.22. The van der Waals surface area contributed by atoms with Gasteiger partial charge >= 0.3 is 0 Å². The number of carbonyl (C=O) groups excluding carboxylic acids is 1. The molecule has 1 saturated carbocycles. The lowest BCUT2D eigenvalue weighted by molar-refractivity contribution is -0.134. The molecule has 4 rings (SSSR count). The molecule has 30 heavy (non-hydrogen) atoms. The zero-order valence-corrected chi connectivity index (χ0v) is 17.9. The molecule has 3 unspecified atom stereocenters. The lowest BCUT2D eigenvalue weighted by Crippen LogP contribution is -2.40. The molecular weight excluding hydrogens is 385 g/mol. The molecule has 0 N–H and O–H groups in total. The van der Waals surface area contributed by atoms with E-state index in [0.717, 1.165) is 32.1 Å². The Morgan fingerprint density at radius 3 is 2.70 bits per heavy atom. The summed E-state index contributed by atoms with van der Waals surface area (Å²) in [5.74, 6) is 1.07. The number of rotatable bonds is 6. The van der Waals surface area contributed by atoms with Crippen LogP contribution in [0.1, 0.15) is 26.7 Å². The minimum Gasteiger partial charge on any atom is -0.342 e. The second kappa shape index (κ2) is 7.81.